The molecule has 0 amide bonds. The number of rotatable bonds is 2. The Bertz CT molecular complexity index is 817. The Balaban J connectivity index is 2.02. The predicted octanol–water partition coefficient (Wildman–Crippen LogP) is 2.65. The highest BCUT2D eigenvalue weighted by Gasteiger charge is 2.04. The minimum Gasteiger partial charge on any atom is -0.508 e. The molecule has 1 heterocycles. The van der Waals surface area contributed by atoms with E-state index < -0.39 is 0 Å². The van der Waals surface area contributed by atoms with Gasteiger partial charge in [0.2, 0.25) is 0 Å². The number of aromatic hydroxyl groups is 1. The first-order valence-corrected chi connectivity index (χ1v) is 6.46. The van der Waals surface area contributed by atoms with Crippen LogP contribution in [0.2, 0.25) is 0 Å². The fraction of sp³-hybridized carbons (Fsp3) is 0. The molecule has 0 aliphatic carbocycles. The summed E-state index contributed by atoms with van der Waals surface area (Å²) in [5, 5.41) is 14.2. The van der Waals surface area contributed by atoms with Gasteiger partial charge in [0.1, 0.15) is 5.75 Å². The van der Waals surface area contributed by atoms with Gasteiger partial charge >= 0.3 is 0 Å². The molecule has 0 saturated heterocycles. The van der Waals surface area contributed by atoms with Crippen LogP contribution in [-0.2, 0) is 0 Å². The molecule has 0 aliphatic heterocycles. The number of hydrogen-bond donors (Lipinski definition) is 1. The average molecular weight is 270 g/mol. The van der Waals surface area contributed by atoms with E-state index >= 15 is 0 Å². The Morgan fingerprint density at radius 2 is 2.00 bits per heavy atom. The summed E-state index contributed by atoms with van der Waals surface area (Å²) in [6.07, 6.45) is 1.55. The van der Waals surface area contributed by atoms with Crippen molar-refractivity contribution in [2.24, 2.45) is 5.10 Å². The van der Waals surface area contributed by atoms with E-state index in [1.807, 2.05) is 24.3 Å². The summed E-state index contributed by atoms with van der Waals surface area (Å²) < 4.78 is 2.25. The number of phenolic OH excluding ortho intramolecular Hbond substituents is 1. The maximum absolute atomic E-state index is 12.0. The van der Waals surface area contributed by atoms with Crippen molar-refractivity contribution in [3.05, 3.63) is 64.4 Å². The SMILES string of the molecule is O=c1c2ccccc2sn1/N=C/c1cccc(O)c1. The van der Waals surface area contributed by atoms with Crippen molar-refractivity contribution in [3.63, 3.8) is 0 Å². The van der Waals surface area contributed by atoms with Crippen LogP contribution in [-0.4, -0.2) is 15.4 Å². The van der Waals surface area contributed by atoms with Gasteiger partial charge in [-0.05, 0) is 41.4 Å². The highest BCUT2D eigenvalue weighted by Crippen LogP contribution is 2.15. The summed E-state index contributed by atoms with van der Waals surface area (Å²) in [7, 11) is 0. The van der Waals surface area contributed by atoms with Crippen molar-refractivity contribution in [1.82, 2.24) is 4.07 Å². The van der Waals surface area contributed by atoms with E-state index in [4.69, 9.17) is 0 Å². The van der Waals surface area contributed by atoms with Gasteiger partial charge < -0.3 is 5.11 Å². The number of nitrogens with zero attached hydrogens (tertiary/aromatic N) is 2. The highest BCUT2D eigenvalue weighted by molar-refractivity contribution is 7.13. The van der Waals surface area contributed by atoms with Crippen molar-refractivity contribution < 1.29 is 5.11 Å². The summed E-state index contributed by atoms with van der Waals surface area (Å²) >= 11 is 1.29. The van der Waals surface area contributed by atoms with Crippen LogP contribution < -0.4 is 5.56 Å². The first-order chi connectivity index (χ1) is 9.24. The molecular weight excluding hydrogens is 260 g/mol. The van der Waals surface area contributed by atoms with Crippen LogP contribution in [0, 0.1) is 0 Å². The van der Waals surface area contributed by atoms with Gasteiger partial charge in [-0.3, -0.25) is 4.79 Å². The van der Waals surface area contributed by atoms with Crippen LogP contribution in [0.1, 0.15) is 5.56 Å². The van der Waals surface area contributed by atoms with Crippen molar-refractivity contribution in [2.45, 2.75) is 0 Å². The first-order valence-electron chi connectivity index (χ1n) is 5.68. The normalized spacial score (nSPS) is 11.4. The lowest BCUT2D eigenvalue weighted by atomic mass is 10.2. The van der Waals surface area contributed by atoms with Gasteiger partial charge in [-0.15, -0.1) is 4.07 Å². The average Bonchev–Trinajstić information content (AvgIpc) is 2.74. The Morgan fingerprint density at radius 3 is 2.79 bits per heavy atom. The molecule has 0 radical (unpaired) electrons. The zero-order valence-corrected chi connectivity index (χ0v) is 10.7. The zero-order valence-electron chi connectivity index (χ0n) is 9.85. The van der Waals surface area contributed by atoms with E-state index in [9.17, 15) is 9.90 Å². The molecule has 3 rings (SSSR count). The molecule has 3 aromatic rings. The number of phenols is 1. The van der Waals surface area contributed by atoms with Crippen molar-refractivity contribution in [1.29, 1.82) is 0 Å². The van der Waals surface area contributed by atoms with E-state index in [-0.39, 0.29) is 11.3 Å². The second-order valence-electron chi connectivity index (χ2n) is 4.01. The Hall–Kier alpha value is -2.40. The third kappa shape index (κ3) is 2.28. The molecule has 0 unspecified atom stereocenters. The van der Waals surface area contributed by atoms with E-state index in [0.717, 1.165) is 10.3 Å². The summed E-state index contributed by atoms with van der Waals surface area (Å²) in [5.74, 6) is 0.174. The highest BCUT2D eigenvalue weighted by atomic mass is 32.1. The maximum atomic E-state index is 12.0. The van der Waals surface area contributed by atoms with E-state index in [1.54, 1.807) is 30.5 Å². The van der Waals surface area contributed by atoms with Gasteiger partial charge in [-0.1, -0.05) is 24.3 Å². The van der Waals surface area contributed by atoms with Crippen LogP contribution in [0.5, 0.6) is 5.75 Å². The van der Waals surface area contributed by atoms with Gasteiger partial charge in [0.15, 0.2) is 0 Å². The molecule has 19 heavy (non-hydrogen) atoms. The molecule has 1 N–H and O–H groups in total. The minimum absolute atomic E-state index is 0.128. The van der Waals surface area contributed by atoms with Crippen LogP contribution in [0.3, 0.4) is 0 Å². The van der Waals surface area contributed by atoms with Crippen molar-refractivity contribution in [3.8, 4) is 5.75 Å². The standard InChI is InChI=1S/C14H10N2O2S/c17-11-5-3-4-10(8-11)9-15-16-14(18)12-6-1-2-7-13(12)19-16/h1-9,17H/b15-9+. The number of benzene rings is 2. The molecule has 4 nitrogen and oxygen atoms in total. The lowest BCUT2D eigenvalue weighted by Crippen LogP contribution is -2.08. The van der Waals surface area contributed by atoms with Gasteiger partial charge in [0.05, 0.1) is 16.3 Å². The maximum Gasteiger partial charge on any atom is 0.289 e. The summed E-state index contributed by atoms with van der Waals surface area (Å²) in [5.41, 5.74) is 0.612. The molecular formula is C14H10N2O2S. The fourth-order valence-corrected chi connectivity index (χ4v) is 2.62. The van der Waals surface area contributed by atoms with Gasteiger partial charge in [-0.2, -0.15) is 5.10 Å². The smallest absolute Gasteiger partial charge is 0.289 e. The minimum atomic E-state index is -0.128. The molecule has 0 atom stereocenters. The quantitative estimate of drug-likeness (QED) is 0.728. The lowest BCUT2D eigenvalue weighted by Gasteiger charge is -1.93. The third-order valence-electron chi connectivity index (χ3n) is 2.66. The molecule has 5 heteroatoms. The van der Waals surface area contributed by atoms with Crippen LogP contribution >= 0.6 is 11.5 Å². The summed E-state index contributed by atoms with van der Waals surface area (Å²) in [6, 6.07) is 14.1. The summed E-state index contributed by atoms with van der Waals surface area (Å²) in [4.78, 5) is 12.0. The zero-order chi connectivity index (χ0) is 13.2. The van der Waals surface area contributed by atoms with Crippen molar-refractivity contribution >= 4 is 27.8 Å². The third-order valence-corrected chi connectivity index (χ3v) is 3.64. The Morgan fingerprint density at radius 1 is 1.16 bits per heavy atom. The Kier molecular flexibility index (Phi) is 2.89. The second-order valence-corrected chi connectivity index (χ2v) is 4.97. The summed E-state index contributed by atoms with van der Waals surface area (Å²) in [6.45, 7) is 0. The van der Waals surface area contributed by atoms with Gasteiger partial charge in [-0.25, -0.2) is 0 Å². The number of hydrogen-bond acceptors (Lipinski definition) is 4. The first kappa shape index (κ1) is 11.7. The second kappa shape index (κ2) is 4.70. The van der Waals surface area contributed by atoms with Crippen LogP contribution in [0.4, 0.5) is 0 Å². The van der Waals surface area contributed by atoms with Gasteiger partial charge in [0.25, 0.3) is 5.56 Å². The van der Waals surface area contributed by atoms with Crippen LogP contribution in [0.25, 0.3) is 10.1 Å². The van der Waals surface area contributed by atoms with E-state index in [0.29, 0.717) is 5.39 Å². The van der Waals surface area contributed by atoms with Crippen LogP contribution in [0.15, 0.2) is 58.4 Å². The molecule has 2 aromatic carbocycles. The number of aromatic nitrogens is 1. The monoisotopic (exact) mass is 270 g/mol. The molecule has 94 valence electrons. The van der Waals surface area contributed by atoms with Gasteiger partial charge in [0, 0.05) is 0 Å². The van der Waals surface area contributed by atoms with Crippen molar-refractivity contribution in [2.75, 3.05) is 0 Å². The molecule has 0 spiro atoms. The molecule has 0 bridgehead atoms. The topological polar surface area (TPSA) is 54.6 Å². The molecule has 0 aliphatic rings. The predicted molar refractivity (Wildman–Crippen MR) is 77.2 cm³/mol. The largest absolute Gasteiger partial charge is 0.508 e. The number of fused-ring (bicyclic) bond motifs is 1. The molecule has 1 aromatic heterocycles. The molecule has 0 saturated carbocycles. The van der Waals surface area contributed by atoms with E-state index in [1.165, 1.54) is 15.6 Å². The lowest BCUT2D eigenvalue weighted by molar-refractivity contribution is 0.475. The fourth-order valence-electron chi connectivity index (χ4n) is 1.76. The Labute approximate surface area is 113 Å². The van der Waals surface area contributed by atoms with E-state index in [2.05, 4.69) is 5.10 Å². The molecule has 0 fully saturated rings.